The molecule has 3 N–H and O–H groups in total. The molecule has 0 aliphatic heterocycles. The van der Waals surface area contributed by atoms with E-state index in [0.717, 1.165) is 0 Å². The normalized spacial score (nSPS) is 11.4. The number of carboxylic acid groups (broad SMARTS) is 1. The summed E-state index contributed by atoms with van der Waals surface area (Å²) < 4.78 is 9.47. The van der Waals surface area contributed by atoms with Gasteiger partial charge in [-0.3, -0.25) is 9.59 Å². The molecule has 104 valence electrons. The highest BCUT2D eigenvalue weighted by molar-refractivity contribution is 5.80. The fourth-order valence-corrected chi connectivity index (χ4v) is 1.07. The van der Waals surface area contributed by atoms with Crippen LogP contribution in [0.2, 0.25) is 0 Å². The summed E-state index contributed by atoms with van der Waals surface area (Å²) in [6, 6.07) is -0.588. The average molecular weight is 262 g/mol. The predicted molar refractivity (Wildman–Crippen MR) is 61.1 cm³/mol. The van der Waals surface area contributed by atoms with Crippen LogP contribution in [0.1, 0.15) is 13.3 Å². The number of aliphatic carboxylic acids is 1. The first-order valence-electron chi connectivity index (χ1n) is 5.41. The van der Waals surface area contributed by atoms with Gasteiger partial charge in [0.05, 0.1) is 19.1 Å². The number of hydrogen-bond donors (Lipinski definition) is 3. The van der Waals surface area contributed by atoms with Gasteiger partial charge in [0, 0.05) is 13.7 Å². The summed E-state index contributed by atoms with van der Waals surface area (Å²) in [5, 5.41) is 13.2. The summed E-state index contributed by atoms with van der Waals surface area (Å²) in [4.78, 5) is 32.6. The van der Waals surface area contributed by atoms with Gasteiger partial charge in [-0.1, -0.05) is 0 Å². The summed E-state index contributed by atoms with van der Waals surface area (Å²) in [6.07, 6.45) is -0.829. The van der Waals surface area contributed by atoms with Gasteiger partial charge in [0.25, 0.3) is 0 Å². The fraction of sp³-hybridized carbons (Fsp3) is 0.700. The van der Waals surface area contributed by atoms with E-state index in [9.17, 15) is 14.4 Å². The van der Waals surface area contributed by atoms with Crippen molar-refractivity contribution < 1.29 is 29.0 Å². The molecule has 0 saturated heterocycles. The molecule has 0 bridgehead atoms. The van der Waals surface area contributed by atoms with Crippen molar-refractivity contribution in [3.63, 3.8) is 0 Å². The minimum absolute atomic E-state index is 0.0391. The topological polar surface area (TPSA) is 114 Å². The molecule has 18 heavy (non-hydrogen) atoms. The Morgan fingerprint density at radius 1 is 1.28 bits per heavy atom. The number of rotatable bonds is 8. The number of nitrogens with one attached hydrogen (secondary N) is 2. The first-order valence-corrected chi connectivity index (χ1v) is 5.41. The molecule has 0 spiro atoms. The zero-order chi connectivity index (χ0) is 14.0. The number of esters is 1. The van der Waals surface area contributed by atoms with Gasteiger partial charge in [0.2, 0.25) is 0 Å². The average Bonchev–Trinajstić information content (AvgIpc) is 2.31. The number of methoxy groups -OCH3 is 1. The SMILES string of the molecule is CCOC(=O)CNC(=O)NCC(CC(=O)O)OC. The number of hydrogen-bond acceptors (Lipinski definition) is 5. The Morgan fingerprint density at radius 3 is 2.44 bits per heavy atom. The maximum Gasteiger partial charge on any atom is 0.325 e. The quantitative estimate of drug-likeness (QED) is 0.500. The van der Waals surface area contributed by atoms with Crippen LogP contribution >= 0.6 is 0 Å². The molecule has 0 saturated carbocycles. The Kier molecular flexibility index (Phi) is 8.29. The Balaban J connectivity index is 3.80. The summed E-state index contributed by atoms with van der Waals surface area (Å²) in [5.41, 5.74) is 0. The molecule has 0 aromatic rings. The zero-order valence-electron chi connectivity index (χ0n) is 10.4. The maximum atomic E-state index is 11.2. The van der Waals surface area contributed by atoms with Crippen LogP contribution in [-0.2, 0) is 19.1 Å². The molecule has 0 radical (unpaired) electrons. The van der Waals surface area contributed by atoms with Crippen molar-refractivity contribution in [2.45, 2.75) is 19.4 Å². The van der Waals surface area contributed by atoms with Crippen LogP contribution in [0.3, 0.4) is 0 Å². The molecule has 0 aromatic carbocycles. The summed E-state index contributed by atoms with van der Waals surface area (Å²) in [6.45, 7) is 1.70. The van der Waals surface area contributed by atoms with Gasteiger partial charge in [-0.15, -0.1) is 0 Å². The smallest absolute Gasteiger partial charge is 0.325 e. The number of carbonyl (C=O) groups excluding carboxylic acids is 2. The molecular weight excluding hydrogens is 244 g/mol. The van der Waals surface area contributed by atoms with Crippen molar-refractivity contribution in [2.75, 3.05) is 26.8 Å². The van der Waals surface area contributed by atoms with Crippen LogP contribution in [-0.4, -0.2) is 56.0 Å². The number of ether oxygens (including phenoxy) is 2. The van der Waals surface area contributed by atoms with Gasteiger partial charge >= 0.3 is 18.0 Å². The molecule has 0 rings (SSSR count). The zero-order valence-corrected chi connectivity index (χ0v) is 10.4. The Labute approximate surface area is 105 Å². The van der Waals surface area contributed by atoms with Crippen LogP contribution in [0.4, 0.5) is 4.79 Å². The molecule has 1 atom stereocenters. The predicted octanol–water partition coefficient (Wildman–Crippen LogP) is -0.662. The van der Waals surface area contributed by atoms with Gasteiger partial charge in [-0.05, 0) is 6.92 Å². The van der Waals surface area contributed by atoms with E-state index in [1.807, 2.05) is 0 Å². The van der Waals surface area contributed by atoms with Crippen LogP contribution in [0, 0.1) is 0 Å². The highest BCUT2D eigenvalue weighted by Gasteiger charge is 2.13. The summed E-state index contributed by atoms with van der Waals surface area (Å²) in [7, 11) is 1.35. The number of amides is 2. The molecule has 0 aliphatic carbocycles. The molecule has 2 amide bonds. The lowest BCUT2D eigenvalue weighted by atomic mass is 10.2. The van der Waals surface area contributed by atoms with Gasteiger partial charge in [-0.2, -0.15) is 0 Å². The molecule has 0 aliphatic rings. The minimum Gasteiger partial charge on any atom is -0.481 e. The first kappa shape index (κ1) is 16.2. The molecule has 1 unspecified atom stereocenters. The third kappa shape index (κ3) is 8.34. The largest absolute Gasteiger partial charge is 0.481 e. The van der Waals surface area contributed by atoms with Gasteiger partial charge < -0.3 is 25.2 Å². The van der Waals surface area contributed by atoms with Crippen LogP contribution in [0.5, 0.6) is 0 Å². The summed E-state index contributed by atoms with van der Waals surface area (Å²) in [5.74, 6) is -1.56. The minimum atomic E-state index is -1.02. The van der Waals surface area contributed by atoms with Crippen LogP contribution in [0.25, 0.3) is 0 Å². The van der Waals surface area contributed by atoms with Crippen LogP contribution in [0.15, 0.2) is 0 Å². The Hall–Kier alpha value is -1.83. The third-order valence-electron chi connectivity index (χ3n) is 1.92. The van der Waals surface area contributed by atoms with Crippen molar-refractivity contribution in [1.29, 1.82) is 0 Å². The molecule has 0 fully saturated rings. The number of urea groups is 1. The second-order valence-corrected chi connectivity index (χ2v) is 3.32. The van der Waals surface area contributed by atoms with E-state index in [-0.39, 0.29) is 26.1 Å². The van der Waals surface area contributed by atoms with E-state index in [4.69, 9.17) is 9.84 Å². The Bertz CT molecular complexity index is 294. The van der Waals surface area contributed by atoms with E-state index < -0.39 is 24.1 Å². The van der Waals surface area contributed by atoms with Gasteiger partial charge in [0.15, 0.2) is 0 Å². The lowest BCUT2D eigenvalue weighted by Crippen LogP contribution is -2.42. The highest BCUT2D eigenvalue weighted by Crippen LogP contribution is 1.95. The second kappa shape index (κ2) is 9.23. The monoisotopic (exact) mass is 262 g/mol. The standard InChI is InChI=1S/C10H18N2O6/c1-3-18-9(15)6-12-10(16)11-5-7(17-2)4-8(13)14/h7H,3-6H2,1-2H3,(H,13,14)(H2,11,12,16). The molecule has 8 nitrogen and oxygen atoms in total. The number of carbonyl (C=O) groups is 3. The third-order valence-corrected chi connectivity index (χ3v) is 1.92. The molecule has 8 heteroatoms. The van der Waals surface area contributed by atoms with E-state index in [2.05, 4.69) is 15.4 Å². The van der Waals surface area contributed by atoms with Crippen molar-refractivity contribution in [1.82, 2.24) is 10.6 Å². The Morgan fingerprint density at radius 2 is 1.94 bits per heavy atom. The van der Waals surface area contributed by atoms with E-state index in [1.165, 1.54) is 7.11 Å². The lowest BCUT2D eigenvalue weighted by molar-refractivity contribution is -0.142. The fourth-order valence-electron chi connectivity index (χ4n) is 1.07. The van der Waals surface area contributed by atoms with Crippen molar-refractivity contribution in [3.05, 3.63) is 0 Å². The summed E-state index contributed by atoms with van der Waals surface area (Å²) >= 11 is 0. The lowest BCUT2D eigenvalue weighted by Gasteiger charge is -2.14. The molecule has 0 heterocycles. The van der Waals surface area contributed by atoms with Gasteiger partial charge in [0.1, 0.15) is 6.54 Å². The maximum absolute atomic E-state index is 11.2. The molecule has 0 aromatic heterocycles. The second-order valence-electron chi connectivity index (χ2n) is 3.32. The number of carboxylic acids is 1. The van der Waals surface area contributed by atoms with E-state index in [0.29, 0.717) is 0 Å². The van der Waals surface area contributed by atoms with E-state index in [1.54, 1.807) is 6.92 Å². The molecular formula is C10H18N2O6. The van der Waals surface area contributed by atoms with Crippen molar-refractivity contribution in [2.24, 2.45) is 0 Å². The first-order chi connectivity index (χ1) is 8.49. The van der Waals surface area contributed by atoms with E-state index >= 15 is 0 Å². The van der Waals surface area contributed by atoms with Crippen molar-refractivity contribution >= 4 is 18.0 Å². The van der Waals surface area contributed by atoms with Crippen LogP contribution < -0.4 is 10.6 Å². The van der Waals surface area contributed by atoms with Crippen molar-refractivity contribution in [3.8, 4) is 0 Å². The highest BCUT2D eigenvalue weighted by atomic mass is 16.5. The van der Waals surface area contributed by atoms with Gasteiger partial charge in [-0.25, -0.2) is 4.79 Å².